The third kappa shape index (κ3) is 5.54. The van der Waals surface area contributed by atoms with Gasteiger partial charge in [-0.15, -0.1) is 34.9 Å². The third-order valence-electron chi connectivity index (χ3n) is 5.88. The highest BCUT2D eigenvalue weighted by molar-refractivity contribution is 8.02. The van der Waals surface area contributed by atoms with Crippen LogP contribution in [0.5, 0.6) is 11.5 Å². The molecule has 214 valence electrons. The predicted molar refractivity (Wildman–Crippen MR) is 154 cm³/mol. The fraction of sp³-hybridized carbons (Fsp3) is 0.261. The van der Waals surface area contributed by atoms with Crippen molar-refractivity contribution in [3.05, 3.63) is 45.5 Å². The number of fused-ring (bicyclic) bond motifs is 2. The van der Waals surface area contributed by atoms with E-state index in [2.05, 4.69) is 19.8 Å². The number of carbonyl (C=O) groups is 3. The second-order valence-electron chi connectivity index (χ2n) is 8.49. The topological polar surface area (TPSA) is 218 Å². The van der Waals surface area contributed by atoms with E-state index in [1.807, 2.05) is 0 Å². The number of thioether (sulfide) groups is 2. The molecule has 1 aromatic carbocycles. The smallest absolute Gasteiger partial charge is 0.352 e. The standard InChI is InChI=1S/C23H20N6O8S4/c1-2-37-27-15(18-26-23(24)41-28-18)19(33)25-16-20(34)29-17(22(35)36)8(7-39-21(16)29)6-38-14-5-10(30)9-3-11(31)12(32)4-13(9)40-14/h3-5,16,21,31-32H,2,6-7H2,1H3,(H,25,33)(H,35,36)(H2,24,26,28)/b27-15-/t16-,21+/m1/s1. The van der Waals surface area contributed by atoms with E-state index in [1.165, 1.54) is 53.1 Å². The molecule has 14 nitrogen and oxygen atoms in total. The molecule has 5 rings (SSSR count). The summed E-state index contributed by atoms with van der Waals surface area (Å²) < 4.78 is 4.99. The number of rotatable bonds is 9. The average Bonchev–Trinajstić information content (AvgIpc) is 3.36. The van der Waals surface area contributed by atoms with Crippen molar-refractivity contribution in [2.24, 2.45) is 5.16 Å². The number of carboxylic acid groups (broad SMARTS) is 1. The first-order valence-electron chi connectivity index (χ1n) is 11.7. The van der Waals surface area contributed by atoms with Crippen LogP contribution >= 0.6 is 46.4 Å². The lowest BCUT2D eigenvalue weighted by Gasteiger charge is -2.49. The number of carboxylic acids is 1. The molecule has 1 fully saturated rings. The van der Waals surface area contributed by atoms with E-state index in [0.29, 0.717) is 14.5 Å². The van der Waals surface area contributed by atoms with Gasteiger partial charge < -0.3 is 31.2 Å². The number of nitrogens with zero attached hydrogens (tertiary/aromatic N) is 4. The normalized spacial score (nSPS) is 18.7. The number of aliphatic carboxylic acids is 1. The number of phenols is 2. The molecule has 0 spiro atoms. The van der Waals surface area contributed by atoms with Crippen LogP contribution in [-0.2, 0) is 19.2 Å². The Hall–Kier alpha value is -3.87. The first kappa shape index (κ1) is 28.7. The van der Waals surface area contributed by atoms with Crippen LogP contribution in [0.4, 0.5) is 5.13 Å². The molecule has 2 aliphatic rings. The molecule has 2 aliphatic heterocycles. The van der Waals surface area contributed by atoms with Gasteiger partial charge in [-0.25, -0.2) is 4.79 Å². The summed E-state index contributed by atoms with van der Waals surface area (Å²) in [4.78, 5) is 60.9. The van der Waals surface area contributed by atoms with Crippen molar-refractivity contribution in [2.45, 2.75) is 22.5 Å². The van der Waals surface area contributed by atoms with E-state index >= 15 is 0 Å². The summed E-state index contributed by atoms with van der Waals surface area (Å²) in [5.74, 6) is -3.06. The van der Waals surface area contributed by atoms with E-state index in [-0.39, 0.29) is 57.0 Å². The van der Waals surface area contributed by atoms with Gasteiger partial charge in [0.25, 0.3) is 11.8 Å². The van der Waals surface area contributed by atoms with E-state index in [1.54, 1.807) is 6.92 Å². The van der Waals surface area contributed by atoms with Crippen LogP contribution in [0.1, 0.15) is 12.7 Å². The first-order chi connectivity index (χ1) is 19.6. The monoisotopic (exact) mass is 636 g/mol. The molecule has 1 saturated heterocycles. The highest BCUT2D eigenvalue weighted by Gasteiger charge is 2.54. The summed E-state index contributed by atoms with van der Waals surface area (Å²) in [5, 5.41) is 35.5. The second kappa shape index (κ2) is 11.6. The minimum Gasteiger partial charge on any atom is -0.504 e. The minimum atomic E-state index is -1.29. The van der Waals surface area contributed by atoms with E-state index in [9.17, 15) is 34.5 Å². The molecule has 0 radical (unpaired) electrons. The summed E-state index contributed by atoms with van der Waals surface area (Å²) in [5.41, 5.74) is 5.28. The number of aromatic nitrogens is 2. The Morgan fingerprint density at radius 2 is 2.02 bits per heavy atom. The van der Waals surface area contributed by atoms with Crippen molar-refractivity contribution < 1.29 is 34.5 Å². The number of nitrogens with one attached hydrogen (secondary N) is 1. The van der Waals surface area contributed by atoms with Gasteiger partial charge in [-0.3, -0.25) is 19.3 Å². The number of amides is 2. The Morgan fingerprint density at radius 3 is 2.71 bits per heavy atom. The molecule has 2 aromatic heterocycles. The fourth-order valence-corrected chi connectivity index (χ4v) is 8.19. The number of phenolic OH excluding ortho intramolecular Hbond substituents is 2. The molecule has 2 atom stereocenters. The van der Waals surface area contributed by atoms with Crippen molar-refractivity contribution in [3.8, 4) is 11.5 Å². The second-order valence-corrected chi connectivity index (χ2v) is 12.7. The Bertz CT molecular complexity index is 1700. The van der Waals surface area contributed by atoms with Crippen LogP contribution in [0.3, 0.4) is 0 Å². The van der Waals surface area contributed by atoms with E-state index in [0.717, 1.165) is 16.4 Å². The molecule has 0 unspecified atom stereocenters. The quantitative estimate of drug-likeness (QED) is 0.0738. The number of anilines is 1. The van der Waals surface area contributed by atoms with Gasteiger partial charge in [-0.1, -0.05) is 5.16 Å². The van der Waals surface area contributed by atoms with Crippen molar-refractivity contribution in [2.75, 3.05) is 23.8 Å². The summed E-state index contributed by atoms with van der Waals surface area (Å²) in [6, 6.07) is 2.84. The number of hydrogen-bond donors (Lipinski definition) is 5. The van der Waals surface area contributed by atoms with Crippen molar-refractivity contribution in [1.29, 1.82) is 0 Å². The highest BCUT2D eigenvalue weighted by Crippen LogP contribution is 2.42. The molecular formula is C23H20N6O8S4. The molecule has 18 heteroatoms. The maximum atomic E-state index is 13.1. The van der Waals surface area contributed by atoms with Gasteiger partial charge in [-0.05, 0) is 18.6 Å². The van der Waals surface area contributed by atoms with Gasteiger partial charge in [0, 0.05) is 45.3 Å². The number of benzene rings is 1. The van der Waals surface area contributed by atoms with Crippen LogP contribution in [-0.4, -0.2) is 82.6 Å². The van der Waals surface area contributed by atoms with E-state index in [4.69, 9.17) is 10.6 Å². The van der Waals surface area contributed by atoms with Gasteiger partial charge in [-0.2, -0.15) is 9.36 Å². The highest BCUT2D eigenvalue weighted by atomic mass is 32.2. The van der Waals surface area contributed by atoms with E-state index < -0.39 is 34.9 Å². The van der Waals surface area contributed by atoms with Crippen LogP contribution < -0.4 is 16.5 Å². The Morgan fingerprint density at radius 1 is 1.27 bits per heavy atom. The molecule has 0 saturated carbocycles. The zero-order valence-electron chi connectivity index (χ0n) is 20.9. The van der Waals surface area contributed by atoms with Gasteiger partial charge in [0.1, 0.15) is 23.7 Å². The molecule has 3 aromatic rings. The fourth-order valence-electron chi connectivity index (χ4n) is 4.03. The van der Waals surface area contributed by atoms with Crippen LogP contribution in [0, 0.1) is 0 Å². The first-order valence-corrected chi connectivity index (χ1v) is 15.3. The van der Waals surface area contributed by atoms with Gasteiger partial charge in [0.05, 0.1) is 4.21 Å². The van der Waals surface area contributed by atoms with Crippen LogP contribution in [0.25, 0.3) is 10.1 Å². The molecule has 0 aliphatic carbocycles. The number of oxime groups is 1. The molecule has 6 N–H and O–H groups in total. The van der Waals surface area contributed by atoms with Gasteiger partial charge >= 0.3 is 5.97 Å². The molecule has 41 heavy (non-hydrogen) atoms. The minimum absolute atomic E-state index is 0.0631. The van der Waals surface area contributed by atoms with Crippen LogP contribution in [0.15, 0.2) is 43.6 Å². The van der Waals surface area contributed by atoms with Crippen molar-refractivity contribution in [3.63, 3.8) is 0 Å². The summed E-state index contributed by atoms with van der Waals surface area (Å²) in [6.07, 6.45) is 0. The zero-order chi connectivity index (χ0) is 29.4. The average molecular weight is 637 g/mol. The number of β-lactam (4-membered cyclic amide) rings is 1. The van der Waals surface area contributed by atoms with Crippen molar-refractivity contribution >= 4 is 85.1 Å². The van der Waals surface area contributed by atoms with Gasteiger partial charge in [0.15, 0.2) is 22.1 Å². The lowest BCUT2D eigenvalue weighted by atomic mass is 10.0. The molecule has 4 heterocycles. The zero-order valence-corrected chi connectivity index (χ0v) is 24.2. The largest absolute Gasteiger partial charge is 0.504 e. The Kier molecular flexibility index (Phi) is 8.07. The lowest BCUT2D eigenvalue weighted by molar-refractivity contribution is -0.150. The number of nitrogens with two attached hydrogens (primary N) is 1. The number of aromatic hydroxyl groups is 2. The molecule has 2 amide bonds. The Balaban J connectivity index is 1.33. The third-order valence-corrected chi connectivity index (χ3v) is 10.1. The van der Waals surface area contributed by atoms with Gasteiger partial charge in [0.2, 0.25) is 11.5 Å². The van der Waals surface area contributed by atoms with Crippen molar-refractivity contribution in [1.82, 2.24) is 19.6 Å². The predicted octanol–water partition coefficient (Wildman–Crippen LogP) is 1.38. The number of nitrogen functional groups attached to an aromatic ring is 1. The Labute approximate surface area is 247 Å². The maximum Gasteiger partial charge on any atom is 0.352 e. The summed E-state index contributed by atoms with van der Waals surface area (Å²) in [6.45, 7) is 1.83. The summed E-state index contributed by atoms with van der Waals surface area (Å²) in [7, 11) is 0. The number of hydrogen-bond acceptors (Lipinski definition) is 15. The SMILES string of the molecule is CCO/N=C(\C(=O)N[C@@H]1C(=O)N2C(C(=O)O)=C(CSc3cc(=O)c4cc(O)c(O)cc4s3)CS[C@@H]12)c1nsc(N)n1. The molecule has 0 bridgehead atoms. The number of carbonyl (C=O) groups excluding carboxylic acids is 2. The lowest BCUT2D eigenvalue weighted by Crippen LogP contribution is -2.71. The molecular weight excluding hydrogens is 617 g/mol. The summed E-state index contributed by atoms with van der Waals surface area (Å²) >= 11 is 4.57. The maximum absolute atomic E-state index is 13.1. The van der Waals surface area contributed by atoms with Crippen LogP contribution in [0.2, 0.25) is 0 Å².